The Balaban J connectivity index is 1.76. The molecule has 0 spiro atoms. The van der Waals surface area contributed by atoms with Gasteiger partial charge in [-0.2, -0.15) is 10.1 Å². The maximum Gasteiger partial charge on any atom is 0.355 e. The van der Waals surface area contributed by atoms with E-state index in [9.17, 15) is 4.79 Å². The van der Waals surface area contributed by atoms with Gasteiger partial charge in [0, 0.05) is 31.8 Å². The first kappa shape index (κ1) is 16.2. The van der Waals surface area contributed by atoms with E-state index in [1.807, 2.05) is 49.3 Å². The first-order valence-electron chi connectivity index (χ1n) is 8.83. The maximum atomic E-state index is 12.9. The van der Waals surface area contributed by atoms with Gasteiger partial charge in [0.2, 0.25) is 0 Å². The van der Waals surface area contributed by atoms with Gasteiger partial charge in [-0.05, 0) is 31.0 Å². The zero-order valence-corrected chi connectivity index (χ0v) is 15.8. The molecule has 7 nitrogen and oxygen atoms in total. The Kier molecular flexibility index (Phi) is 3.61. The molecular weight excluding hydrogens is 360 g/mol. The molecular formula is C19H18N6OS. The van der Waals surface area contributed by atoms with Crippen LogP contribution in [0.2, 0.25) is 0 Å². The second-order valence-corrected chi connectivity index (χ2v) is 7.97. The molecule has 1 aromatic carbocycles. The molecule has 0 amide bonds. The van der Waals surface area contributed by atoms with Gasteiger partial charge in [-0.3, -0.25) is 5.10 Å². The zero-order chi connectivity index (χ0) is 18.5. The van der Waals surface area contributed by atoms with Crippen LogP contribution in [0.1, 0.15) is 23.8 Å². The summed E-state index contributed by atoms with van der Waals surface area (Å²) in [5.41, 5.74) is 2.87. The number of hydrogen-bond acceptors (Lipinski definition) is 6. The van der Waals surface area contributed by atoms with Gasteiger partial charge < -0.3 is 4.90 Å². The number of nitrogens with zero attached hydrogens (tertiary/aromatic N) is 5. The fourth-order valence-electron chi connectivity index (χ4n) is 3.17. The van der Waals surface area contributed by atoms with Crippen molar-refractivity contribution in [3.05, 3.63) is 52.0 Å². The molecule has 8 heteroatoms. The number of benzene rings is 1. The van der Waals surface area contributed by atoms with E-state index in [4.69, 9.17) is 4.98 Å². The smallest absolute Gasteiger partial charge is 0.355 e. The Labute approximate surface area is 159 Å². The Bertz CT molecular complexity index is 1190. The highest BCUT2D eigenvalue weighted by atomic mass is 32.1. The van der Waals surface area contributed by atoms with E-state index in [2.05, 4.69) is 15.2 Å². The van der Waals surface area contributed by atoms with Crippen molar-refractivity contribution >= 4 is 27.5 Å². The number of rotatable bonds is 4. The number of aromatic amines is 1. The van der Waals surface area contributed by atoms with Crippen LogP contribution in [0.4, 0.5) is 5.82 Å². The highest BCUT2D eigenvalue weighted by molar-refractivity contribution is 7.19. The predicted molar refractivity (Wildman–Crippen MR) is 107 cm³/mol. The number of aromatic nitrogens is 5. The fraction of sp³-hybridized carbons (Fsp3) is 0.263. The normalized spacial score (nSPS) is 14.0. The van der Waals surface area contributed by atoms with Crippen LogP contribution in [0.5, 0.6) is 0 Å². The van der Waals surface area contributed by atoms with Crippen molar-refractivity contribution < 1.29 is 0 Å². The Morgan fingerprint density at radius 2 is 2.07 bits per heavy atom. The molecule has 4 aromatic rings. The van der Waals surface area contributed by atoms with E-state index >= 15 is 0 Å². The minimum absolute atomic E-state index is 0.321. The highest BCUT2D eigenvalue weighted by Gasteiger charge is 2.29. The largest absolute Gasteiger partial charge is 0.361 e. The molecule has 136 valence electrons. The third kappa shape index (κ3) is 2.73. The van der Waals surface area contributed by atoms with Crippen molar-refractivity contribution in [1.29, 1.82) is 0 Å². The van der Waals surface area contributed by atoms with E-state index in [-0.39, 0.29) is 5.69 Å². The molecule has 0 bridgehead atoms. The van der Waals surface area contributed by atoms with Crippen LogP contribution in [-0.4, -0.2) is 38.8 Å². The summed E-state index contributed by atoms with van der Waals surface area (Å²) in [7, 11) is 3.81. The molecule has 1 fully saturated rings. The molecule has 0 aliphatic heterocycles. The molecule has 5 rings (SSSR count). The summed E-state index contributed by atoms with van der Waals surface area (Å²) in [6, 6.07) is 9.65. The lowest BCUT2D eigenvalue weighted by Crippen LogP contribution is -2.25. The average molecular weight is 378 g/mol. The van der Waals surface area contributed by atoms with Gasteiger partial charge in [-0.1, -0.05) is 12.1 Å². The molecule has 1 aliphatic carbocycles. The van der Waals surface area contributed by atoms with Crippen LogP contribution in [-0.2, 0) is 0 Å². The van der Waals surface area contributed by atoms with Gasteiger partial charge in [-0.15, -0.1) is 11.3 Å². The van der Waals surface area contributed by atoms with E-state index < -0.39 is 0 Å². The summed E-state index contributed by atoms with van der Waals surface area (Å²) in [6.45, 7) is 0. The highest BCUT2D eigenvalue weighted by Crippen LogP contribution is 2.44. The zero-order valence-electron chi connectivity index (χ0n) is 15.0. The molecule has 0 radical (unpaired) electrons. The average Bonchev–Trinajstić information content (AvgIpc) is 3.18. The lowest BCUT2D eigenvalue weighted by atomic mass is 10.1. The number of thiazole rings is 1. The summed E-state index contributed by atoms with van der Waals surface area (Å²) in [6.07, 6.45) is 4.12. The van der Waals surface area contributed by atoms with Crippen molar-refractivity contribution in [2.45, 2.75) is 18.8 Å². The SMILES string of the molecule is CN(C)c1nc(=O)n(-c2cccc(-c3cc[nH]n3)c2)c2nc(C3CC3)sc12. The van der Waals surface area contributed by atoms with E-state index in [1.165, 1.54) is 12.8 Å². The Hall–Kier alpha value is -3.00. The molecule has 27 heavy (non-hydrogen) atoms. The van der Waals surface area contributed by atoms with Crippen LogP contribution in [0.3, 0.4) is 0 Å². The monoisotopic (exact) mass is 378 g/mol. The van der Waals surface area contributed by atoms with Gasteiger partial charge in [0.25, 0.3) is 0 Å². The molecule has 0 atom stereocenters. The second-order valence-electron chi connectivity index (χ2n) is 6.94. The van der Waals surface area contributed by atoms with Crippen LogP contribution < -0.4 is 10.6 Å². The second kappa shape index (κ2) is 6.02. The van der Waals surface area contributed by atoms with E-state index in [0.29, 0.717) is 17.4 Å². The lowest BCUT2D eigenvalue weighted by molar-refractivity contribution is 0.921. The van der Waals surface area contributed by atoms with Crippen molar-refractivity contribution in [3.8, 4) is 16.9 Å². The molecule has 3 aromatic heterocycles. The van der Waals surface area contributed by atoms with Gasteiger partial charge >= 0.3 is 5.69 Å². The van der Waals surface area contributed by atoms with Crippen molar-refractivity contribution in [2.75, 3.05) is 19.0 Å². The number of H-pyrrole nitrogens is 1. The predicted octanol–water partition coefficient (Wildman–Crippen LogP) is 3.18. The number of hydrogen-bond donors (Lipinski definition) is 1. The number of fused-ring (bicyclic) bond motifs is 1. The van der Waals surface area contributed by atoms with Crippen molar-refractivity contribution in [1.82, 2.24) is 24.7 Å². The molecule has 0 saturated heterocycles. The summed E-state index contributed by atoms with van der Waals surface area (Å²) >= 11 is 1.65. The van der Waals surface area contributed by atoms with Crippen LogP contribution >= 0.6 is 11.3 Å². The van der Waals surface area contributed by atoms with Gasteiger partial charge in [0.1, 0.15) is 4.70 Å². The third-order valence-electron chi connectivity index (χ3n) is 4.68. The molecule has 1 saturated carbocycles. The summed E-state index contributed by atoms with van der Waals surface area (Å²) in [5, 5.41) is 8.15. The van der Waals surface area contributed by atoms with E-state index in [0.717, 1.165) is 26.7 Å². The molecule has 3 heterocycles. The first-order valence-corrected chi connectivity index (χ1v) is 9.65. The standard InChI is InChI=1S/C19H18N6OS/c1-24(2)16-15-17(21-18(27-15)11-6-7-11)25(19(26)22-16)13-5-3-4-12(10-13)14-8-9-20-23-14/h3-5,8-11H,6-7H2,1-2H3,(H,20,23). The molecule has 0 unspecified atom stereocenters. The Morgan fingerprint density at radius 3 is 2.78 bits per heavy atom. The third-order valence-corrected chi connectivity index (χ3v) is 5.89. The summed E-state index contributed by atoms with van der Waals surface area (Å²) in [4.78, 5) is 24.0. The van der Waals surface area contributed by atoms with Crippen LogP contribution in [0, 0.1) is 0 Å². The quantitative estimate of drug-likeness (QED) is 0.590. The minimum atomic E-state index is -0.321. The minimum Gasteiger partial charge on any atom is -0.361 e. The van der Waals surface area contributed by atoms with Gasteiger partial charge in [0.05, 0.1) is 16.4 Å². The van der Waals surface area contributed by atoms with Crippen molar-refractivity contribution in [3.63, 3.8) is 0 Å². The van der Waals surface area contributed by atoms with Gasteiger partial charge in [-0.25, -0.2) is 14.3 Å². The first-order chi connectivity index (χ1) is 13.1. The number of nitrogens with one attached hydrogen (secondary N) is 1. The molecule has 1 N–H and O–H groups in total. The summed E-state index contributed by atoms with van der Waals surface area (Å²) in [5.74, 6) is 1.20. The topological polar surface area (TPSA) is 79.7 Å². The maximum absolute atomic E-state index is 12.9. The van der Waals surface area contributed by atoms with Crippen molar-refractivity contribution in [2.24, 2.45) is 0 Å². The summed E-state index contributed by atoms with van der Waals surface area (Å²) < 4.78 is 2.56. The van der Waals surface area contributed by atoms with Crippen LogP contribution in [0.25, 0.3) is 27.3 Å². The van der Waals surface area contributed by atoms with Gasteiger partial charge in [0.15, 0.2) is 11.5 Å². The number of anilines is 1. The lowest BCUT2D eigenvalue weighted by Gasteiger charge is -2.14. The fourth-order valence-corrected chi connectivity index (χ4v) is 4.46. The Morgan fingerprint density at radius 1 is 1.22 bits per heavy atom. The molecule has 1 aliphatic rings. The van der Waals surface area contributed by atoms with E-state index in [1.54, 1.807) is 22.1 Å². The van der Waals surface area contributed by atoms with Crippen LogP contribution in [0.15, 0.2) is 41.3 Å².